The molecule has 154 valence electrons. The minimum Gasteiger partial charge on any atom is -0.363 e. The summed E-state index contributed by atoms with van der Waals surface area (Å²) in [6.45, 7) is 0. The number of para-hydroxylation sites is 1. The highest BCUT2D eigenvalue weighted by molar-refractivity contribution is 6.02. The summed E-state index contributed by atoms with van der Waals surface area (Å²) in [6, 6.07) is 28.1. The van der Waals surface area contributed by atoms with E-state index in [1.807, 2.05) is 60.7 Å². The Bertz CT molecular complexity index is 1240. The fourth-order valence-electron chi connectivity index (χ4n) is 4.15. The molecule has 1 aromatic heterocycles. The molecule has 4 aromatic rings. The first kappa shape index (κ1) is 19.1. The molecule has 0 saturated carbocycles. The Labute approximate surface area is 181 Å². The minimum absolute atomic E-state index is 0.184. The lowest BCUT2D eigenvalue weighted by Gasteiger charge is -2.18. The van der Waals surface area contributed by atoms with Crippen LogP contribution in [0.3, 0.4) is 0 Å². The fourth-order valence-corrected chi connectivity index (χ4v) is 4.15. The summed E-state index contributed by atoms with van der Waals surface area (Å²) in [5, 5.41) is 7.53. The van der Waals surface area contributed by atoms with Crippen molar-refractivity contribution >= 4 is 34.1 Å². The number of nitrogens with one attached hydrogen (secondary N) is 2. The number of rotatable bonds is 4. The van der Waals surface area contributed by atoms with Gasteiger partial charge in [0.05, 0.1) is 11.6 Å². The van der Waals surface area contributed by atoms with Gasteiger partial charge >= 0.3 is 6.03 Å². The lowest BCUT2D eigenvalue weighted by molar-refractivity contribution is 0.258. The van der Waals surface area contributed by atoms with Crippen LogP contribution >= 0.6 is 0 Å². The van der Waals surface area contributed by atoms with Crippen molar-refractivity contribution in [3.8, 4) is 0 Å². The number of benzene rings is 3. The second kappa shape index (κ2) is 8.11. The zero-order chi connectivity index (χ0) is 21.2. The molecule has 0 saturated heterocycles. The molecule has 2 N–H and O–H groups in total. The minimum atomic E-state index is -0.184. The van der Waals surface area contributed by atoms with Crippen molar-refractivity contribution in [2.75, 3.05) is 22.6 Å². The van der Waals surface area contributed by atoms with Crippen molar-refractivity contribution in [1.29, 1.82) is 0 Å². The number of aromatic nitrogens is 1. The van der Waals surface area contributed by atoms with Gasteiger partial charge in [0.25, 0.3) is 0 Å². The molecule has 0 fully saturated rings. The van der Waals surface area contributed by atoms with E-state index in [9.17, 15) is 4.79 Å². The number of anilines is 3. The van der Waals surface area contributed by atoms with Crippen molar-refractivity contribution in [3.05, 3.63) is 96.1 Å². The number of aryl methyl sites for hydroxylation is 1. The van der Waals surface area contributed by atoms with Crippen LogP contribution in [0, 0.1) is 0 Å². The summed E-state index contributed by atoms with van der Waals surface area (Å²) in [5.74, 6) is 0.870. The second-order valence-corrected chi connectivity index (χ2v) is 7.86. The summed E-state index contributed by atoms with van der Waals surface area (Å²) in [6.07, 6.45) is 2.18. The third kappa shape index (κ3) is 3.94. The van der Waals surface area contributed by atoms with E-state index in [1.165, 1.54) is 11.1 Å². The maximum Gasteiger partial charge on any atom is 0.326 e. The van der Waals surface area contributed by atoms with Crippen LogP contribution < -0.4 is 15.5 Å². The second-order valence-electron chi connectivity index (χ2n) is 7.86. The predicted molar refractivity (Wildman–Crippen MR) is 127 cm³/mol. The van der Waals surface area contributed by atoms with Crippen molar-refractivity contribution in [2.45, 2.75) is 18.9 Å². The molecule has 5 nitrogen and oxygen atoms in total. The van der Waals surface area contributed by atoms with Gasteiger partial charge in [-0.2, -0.15) is 0 Å². The van der Waals surface area contributed by atoms with E-state index < -0.39 is 0 Å². The monoisotopic (exact) mass is 408 g/mol. The lowest BCUT2D eigenvalue weighted by Crippen LogP contribution is -2.31. The van der Waals surface area contributed by atoms with Gasteiger partial charge in [-0.3, -0.25) is 4.90 Å². The first-order valence-electron chi connectivity index (χ1n) is 10.5. The van der Waals surface area contributed by atoms with E-state index in [-0.39, 0.29) is 6.03 Å². The molecule has 1 aliphatic carbocycles. The van der Waals surface area contributed by atoms with Crippen LogP contribution in [0.5, 0.6) is 0 Å². The molecule has 1 heterocycles. The van der Waals surface area contributed by atoms with E-state index >= 15 is 0 Å². The van der Waals surface area contributed by atoms with Crippen LogP contribution in [0.4, 0.5) is 22.0 Å². The Morgan fingerprint density at radius 3 is 2.65 bits per heavy atom. The van der Waals surface area contributed by atoms with Crippen molar-refractivity contribution in [3.63, 3.8) is 0 Å². The largest absolute Gasteiger partial charge is 0.363 e. The molecule has 0 aliphatic heterocycles. The number of amides is 2. The topological polar surface area (TPSA) is 57.3 Å². The highest BCUT2D eigenvalue weighted by atomic mass is 16.2. The summed E-state index contributed by atoms with van der Waals surface area (Å²) >= 11 is 0. The summed E-state index contributed by atoms with van der Waals surface area (Å²) in [4.78, 5) is 19.0. The quantitative estimate of drug-likeness (QED) is 0.435. The Morgan fingerprint density at radius 1 is 0.968 bits per heavy atom. The zero-order valence-electron chi connectivity index (χ0n) is 17.4. The van der Waals surface area contributed by atoms with Gasteiger partial charge in [-0.25, -0.2) is 9.78 Å². The molecule has 5 rings (SSSR count). The number of carbonyl (C=O) groups is 1. The van der Waals surface area contributed by atoms with Crippen LogP contribution in [0.2, 0.25) is 0 Å². The molecule has 1 unspecified atom stereocenters. The third-order valence-corrected chi connectivity index (χ3v) is 5.84. The van der Waals surface area contributed by atoms with Gasteiger partial charge in [-0.1, -0.05) is 42.5 Å². The molecule has 0 radical (unpaired) electrons. The normalized spacial score (nSPS) is 14.8. The Morgan fingerprint density at radius 2 is 1.77 bits per heavy atom. The molecule has 1 aliphatic rings. The summed E-state index contributed by atoms with van der Waals surface area (Å²) in [7, 11) is 1.76. The molecule has 0 spiro atoms. The molecule has 31 heavy (non-hydrogen) atoms. The van der Waals surface area contributed by atoms with E-state index in [1.54, 1.807) is 11.9 Å². The van der Waals surface area contributed by atoms with Crippen molar-refractivity contribution in [2.24, 2.45) is 0 Å². The molecule has 0 bridgehead atoms. The summed E-state index contributed by atoms with van der Waals surface area (Å²) < 4.78 is 0. The van der Waals surface area contributed by atoms with Gasteiger partial charge in [-0.15, -0.1) is 0 Å². The summed E-state index contributed by atoms with van der Waals surface area (Å²) in [5.41, 5.74) is 5.26. The first-order valence-corrected chi connectivity index (χ1v) is 10.5. The van der Waals surface area contributed by atoms with Gasteiger partial charge < -0.3 is 10.6 Å². The third-order valence-electron chi connectivity index (χ3n) is 5.84. The lowest BCUT2D eigenvalue weighted by atomic mass is 10.1. The van der Waals surface area contributed by atoms with E-state index in [4.69, 9.17) is 4.98 Å². The maximum atomic E-state index is 12.6. The molecular formula is C26H24N4O. The van der Waals surface area contributed by atoms with E-state index in [0.717, 1.165) is 40.9 Å². The number of hydrogen-bond donors (Lipinski definition) is 2. The van der Waals surface area contributed by atoms with Crippen molar-refractivity contribution in [1.82, 2.24) is 4.98 Å². The van der Waals surface area contributed by atoms with Crippen molar-refractivity contribution < 1.29 is 4.79 Å². The predicted octanol–water partition coefficient (Wildman–Crippen LogP) is 6.00. The van der Waals surface area contributed by atoms with Crippen LogP contribution in [0.1, 0.15) is 23.6 Å². The first-order chi connectivity index (χ1) is 15.2. The zero-order valence-corrected chi connectivity index (χ0v) is 17.4. The molecule has 3 aromatic carbocycles. The number of nitrogens with zero attached hydrogens (tertiary/aromatic N) is 2. The van der Waals surface area contributed by atoms with Gasteiger partial charge in [-0.05, 0) is 66.4 Å². The smallest absolute Gasteiger partial charge is 0.326 e. The number of carbonyl (C=O) groups excluding carboxylic acids is 1. The number of hydrogen-bond acceptors (Lipinski definition) is 3. The highest BCUT2D eigenvalue weighted by Gasteiger charge is 2.22. The molecule has 2 amide bonds. The Hall–Kier alpha value is -3.86. The van der Waals surface area contributed by atoms with E-state index in [0.29, 0.717) is 6.04 Å². The fraction of sp³-hybridized carbons (Fsp3) is 0.154. The average Bonchev–Trinajstić information content (AvgIpc) is 3.22. The van der Waals surface area contributed by atoms with Gasteiger partial charge in [0, 0.05) is 23.8 Å². The average molecular weight is 409 g/mol. The Balaban J connectivity index is 1.31. The number of urea groups is 1. The SMILES string of the molecule is CN(C(=O)Nc1ccc2nc(NC3CCc4ccccc43)ccc2c1)c1ccccc1. The maximum absolute atomic E-state index is 12.6. The number of fused-ring (bicyclic) bond motifs is 2. The van der Waals surface area contributed by atoms with Crippen LogP contribution in [-0.4, -0.2) is 18.1 Å². The van der Waals surface area contributed by atoms with E-state index in [2.05, 4.69) is 34.9 Å². The van der Waals surface area contributed by atoms with Crippen LogP contribution in [-0.2, 0) is 6.42 Å². The molecule has 5 heteroatoms. The van der Waals surface area contributed by atoms with Crippen LogP contribution in [0.15, 0.2) is 84.9 Å². The van der Waals surface area contributed by atoms with Crippen LogP contribution in [0.25, 0.3) is 10.9 Å². The van der Waals surface area contributed by atoms with Gasteiger partial charge in [0.2, 0.25) is 0 Å². The molecular weight excluding hydrogens is 384 g/mol. The van der Waals surface area contributed by atoms with Gasteiger partial charge in [0.15, 0.2) is 0 Å². The van der Waals surface area contributed by atoms with Gasteiger partial charge in [0.1, 0.15) is 5.82 Å². The Kier molecular flexibility index (Phi) is 5.00. The highest BCUT2D eigenvalue weighted by Crippen LogP contribution is 2.33. The standard InChI is InChI=1S/C26H24N4O/c1-30(21-8-3-2-4-9-21)26(31)27-20-13-15-23-19(17-20)12-16-25(28-23)29-24-14-11-18-7-5-6-10-22(18)24/h2-10,12-13,15-17,24H,11,14H2,1H3,(H,27,31)(H,28,29). The number of pyridine rings is 1. The molecule has 1 atom stereocenters.